The molecule has 0 radical (unpaired) electrons. The molecule has 2 N–H and O–H groups in total. The van der Waals surface area contributed by atoms with Crippen LogP contribution in [0.25, 0.3) is 10.6 Å². The maximum Gasteiger partial charge on any atom is 0.416 e. The number of aromatic nitrogens is 2. The maximum absolute atomic E-state index is 13.1. The quantitative estimate of drug-likeness (QED) is 0.285. The van der Waals surface area contributed by atoms with Gasteiger partial charge in [-0.25, -0.2) is 0 Å². The molecular formula is C25H18BrF3N4O2S. The Labute approximate surface area is 216 Å². The van der Waals surface area contributed by atoms with Gasteiger partial charge >= 0.3 is 6.18 Å². The summed E-state index contributed by atoms with van der Waals surface area (Å²) in [7, 11) is 0. The third-order valence-corrected chi connectivity index (χ3v) is 6.49. The van der Waals surface area contributed by atoms with Crippen molar-refractivity contribution in [1.29, 1.82) is 0 Å². The molecule has 1 aromatic heterocycles. The Morgan fingerprint density at radius 2 is 1.67 bits per heavy atom. The first-order valence-corrected chi connectivity index (χ1v) is 12.2. The zero-order chi connectivity index (χ0) is 25.7. The topological polar surface area (TPSA) is 84.0 Å². The van der Waals surface area contributed by atoms with Gasteiger partial charge in [0, 0.05) is 22.0 Å². The second-order valence-corrected chi connectivity index (χ2v) is 9.60. The molecule has 4 aromatic rings. The first-order chi connectivity index (χ1) is 17.2. The lowest BCUT2D eigenvalue weighted by atomic mass is 10.0. The van der Waals surface area contributed by atoms with Crippen molar-refractivity contribution in [2.75, 3.05) is 5.32 Å². The molecule has 184 valence electrons. The summed E-state index contributed by atoms with van der Waals surface area (Å²) < 4.78 is 39.4. The lowest BCUT2D eigenvalue weighted by Crippen LogP contribution is -2.45. The smallest absolute Gasteiger partial charge is 0.340 e. The number of alkyl halides is 3. The Morgan fingerprint density at radius 1 is 0.944 bits per heavy atom. The van der Waals surface area contributed by atoms with Crippen molar-refractivity contribution in [2.45, 2.75) is 18.6 Å². The number of carbonyl (C=O) groups excluding carboxylic acids is 2. The highest BCUT2D eigenvalue weighted by molar-refractivity contribution is 9.10. The van der Waals surface area contributed by atoms with E-state index in [4.69, 9.17) is 0 Å². The number of nitrogens with zero attached hydrogens (tertiary/aromatic N) is 2. The van der Waals surface area contributed by atoms with Crippen LogP contribution in [-0.2, 0) is 17.4 Å². The van der Waals surface area contributed by atoms with Crippen LogP contribution in [0.3, 0.4) is 0 Å². The molecule has 11 heteroatoms. The van der Waals surface area contributed by atoms with Gasteiger partial charge in [0.05, 0.1) is 5.56 Å². The molecule has 0 bridgehead atoms. The zero-order valence-electron chi connectivity index (χ0n) is 18.4. The molecule has 0 unspecified atom stereocenters. The fourth-order valence-electron chi connectivity index (χ4n) is 3.32. The number of rotatable bonds is 7. The Kier molecular flexibility index (Phi) is 7.80. The number of carbonyl (C=O) groups is 2. The van der Waals surface area contributed by atoms with E-state index >= 15 is 0 Å². The normalized spacial score (nSPS) is 12.1. The minimum atomic E-state index is -4.51. The number of anilines is 1. The SMILES string of the molecule is O=C(N[C@H](Cc1ccccc1)C(=O)Nc1nnc(-c2cccc(Br)c2)s1)c1ccc(C(F)(F)F)cc1. The number of nitrogens with one attached hydrogen (secondary N) is 2. The number of benzene rings is 3. The van der Waals surface area contributed by atoms with E-state index in [-0.39, 0.29) is 17.1 Å². The second-order valence-electron chi connectivity index (χ2n) is 7.70. The molecule has 1 atom stereocenters. The van der Waals surface area contributed by atoms with Gasteiger partial charge in [-0.1, -0.05) is 69.7 Å². The highest BCUT2D eigenvalue weighted by Crippen LogP contribution is 2.30. The highest BCUT2D eigenvalue weighted by Gasteiger charge is 2.30. The molecule has 36 heavy (non-hydrogen) atoms. The molecule has 0 fully saturated rings. The number of amides is 2. The van der Waals surface area contributed by atoms with Crippen molar-refractivity contribution in [3.63, 3.8) is 0 Å². The molecule has 0 aliphatic rings. The van der Waals surface area contributed by atoms with Crippen LogP contribution in [0.15, 0.2) is 83.3 Å². The molecule has 0 aliphatic heterocycles. The van der Waals surface area contributed by atoms with Crippen LogP contribution in [0.5, 0.6) is 0 Å². The van der Waals surface area contributed by atoms with E-state index in [9.17, 15) is 22.8 Å². The van der Waals surface area contributed by atoms with Gasteiger partial charge in [-0.3, -0.25) is 14.9 Å². The first kappa shape index (κ1) is 25.5. The van der Waals surface area contributed by atoms with Crippen LogP contribution in [0.2, 0.25) is 0 Å². The summed E-state index contributed by atoms with van der Waals surface area (Å²) in [5, 5.41) is 14.3. The standard InChI is InChI=1S/C25H18BrF3N4O2S/c26-19-8-4-7-17(14-19)23-32-33-24(36-23)31-22(35)20(13-15-5-2-1-3-6-15)30-21(34)16-9-11-18(12-10-16)25(27,28)29/h1-12,14,20H,13H2,(H,30,34)(H,31,33,35)/t20-/m1/s1. The minimum absolute atomic E-state index is 0.00159. The van der Waals surface area contributed by atoms with E-state index < -0.39 is 29.6 Å². The van der Waals surface area contributed by atoms with E-state index in [1.807, 2.05) is 30.3 Å². The zero-order valence-corrected chi connectivity index (χ0v) is 20.8. The molecule has 1 heterocycles. The fraction of sp³-hybridized carbons (Fsp3) is 0.120. The van der Waals surface area contributed by atoms with Crippen molar-refractivity contribution in [1.82, 2.24) is 15.5 Å². The Hall–Kier alpha value is -3.57. The van der Waals surface area contributed by atoms with Crippen molar-refractivity contribution in [3.8, 4) is 10.6 Å². The van der Waals surface area contributed by atoms with Crippen LogP contribution in [0.1, 0.15) is 21.5 Å². The van der Waals surface area contributed by atoms with Gasteiger partial charge in [0.15, 0.2) is 0 Å². The maximum atomic E-state index is 13.1. The summed E-state index contributed by atoms with van der Waals surface area (Å²) in [6.07, 6.45) is -4.35. The van der Waals surface area contributed by atoms with Crippen molar-refractivity contribution < 1.29 is 22.8 Å². The Bertz CT molecular complexity index is 1360. The van der Waals surface area contributed by atoms with Crippen LogP contribution in [0.4, 0.5) is 18.3 Å². The Morgan fingerprint density at radius 3 is 2.33 bits per heavy atom. The summed E-state index contributed by atoms with van der Waals surface area (Å²) in [5.41, 5.74) is 0.744. The fourth-order valence-corrected chi connectivity index (χ4v) is 4.46. The molecule has 0 saturated carbocycles. The molecule has 6 nitrogen and oxygen atoms in total. The third-order valence-electron chi connectivity index (χ3n) is 5.11. The number of hydrogen-bond donors (Lipinski definition) is 2. The van der Waals surface area contributed by atoms with Crippen LogP contribution < -0.4 is 10.6 Å². The predicted octanol–water partition coefficient (Wildman–Crippen LogP) is 5.97. The van der Waals surface area contributed by atoms with Crippen LogP contribution in [0, 0.1) is 0 Å². The van der Waals surface area contributed by atoms with E-state index in [0.717, 1.165) is 39.9 Å². The van der Waals surface area contributed by atoms with E-state index in [2.05, 4.69) is 36.8 Å². The predicted molar refractivity (Wildman–Crippen MR) is 135 cm³/mol. The van der Waals surface area contributed by atoms with Crippen LogP contribution in [-0.4, -0.2) is 28.1 Å². The molecule has 0 saturated heterocycles. The summed E-state index contributed by atoms with van der Waals surface area (Å²) in [6, 6.07) is 19.3. The summed E-state index contributed by atoms with van der Waals surface area (Å²) in [5.74, 6) is -1.21. The average molecular weight is 575 g/mol. The molecule has 4 rings (SSSR count). The monoisotopic (exact) mass is 574 g/mol. The Balaban J connectivity index is 1.51. The van der Waals surface area contributed by atoms with Gasteiger partial charge in [0.25, 0.3) is 5.91 Å². The average Bonchev–Trinajstić information content (AvgIpc) is 3.32. The highest BCUT2D eigenvalue weighted by atomic mass is 79.9. The summed E-state index contributed by atoms with van der Waals surface area (Å²) in [4.78, 5) is 25.9. The van der Waals surface area contributed by atoms with Crippen molar-refractivity contribution in [2.24, 2.45) is 0 Å². The van der Waals surface area contributed by atoms with Gasteiger partial charge in [-0.15, -0.1) is 10.2 Å². The lowest BCUT2D eigenvalue weighted by molar-refractivity contribution is -0.137. The van der Waals surface area contributed by atoms with Gasteiger partial charge in [-0.2, -0.15) is 13.2 Å². The third kappa shape index (κ3) is 6.55. The number of hydrogen-bond acceptors (Lipinski definition) is 5. The molecule has 2 amide bonds. The first-order valence-electron chi connectivity index (χ1n) is 10.6. The van der Waals surface area contributed by atoms with Crippen molar-refractivity contribution >= 4 is 44.2 Å². The number of halogens is 4. The molecular weight excluding hydrogens is 557 g/mol. The van der Waals surface area contributed by atoms with E-state index in [0.29, 0.717) is 5.01 Å². The van der Waals surface area contributed by atoms with Gasteiger partial charge < -0.3 is 5.32 Å². The van der Waals surface area contributed by atoms with Gasteiger partial charge in [-0.05, 0) is 42.0 Å². The van der Waals surface area contributed by atoms with Gasteiger partial charge in [0.2, 0.25) is 11.0 Å². The largest absolute Gasteiger partial charge is 0.416 e. The lowest BCUT2D eigenvalue weighted by Gasteiger charge is -2.18. The molecule has 0 aliphatic carbocycles. The summed E-state index contributed by atoms with van der Waals surface area (Å²) >= 11 is 4.58. The molecule has 3 aromatic carbocycles. The summed E-state index contributed by atoms with van der Waals surface area (Å²) in [6.45, 7) is 0. The molecule has 0 spiro atoms. The minimum Gasteiger partial charge on any atom is -0.340 e. The van der Waals surface area contributed by atoms with E-state index in [1.54, 1.807) is 24.3 Å². The second kappa shape index (κ2) is 11.0. The van der Waals surface area contributed by atoms with Crippen molar-refractivity contribution in [3.05, 3.63) is 100 Å². The van der Waals surface area contributed by atoms with Crippen LogP contribution >= 0.6 is 27.3 Å². The van der Waals surface area contributed by atoms with Gasteiger partial charge in [0.1, 0.15) is 11.0 Å². The van der Waals surface area contributed by atoms with E-state index in [1.165, 1.54) is 11.3 Å².